The zero-order chi connectivity index (χ0) is 14.1. The lowest BCUT2D eigenvalue weighted by atomic mass is 9.97. The highest BCUT2D eigenvalue weighted by molar-refractivity contribution is 5.86. The molecule has 0 aliphatic heterocycles. The Hall–Kier alpha value is -2.42. The Balaban J connectivity index is 2.05. The van der Waals surface area contributed by atoms with E-state index in [1.165, 1.54) is 12.8 Å². The number of hydrogen-bond acceptors (Lipinski definition) is 3. The SMILES string of the molecule is Nc1cc(N)c(C=Cc2ccccc2)c(C2CC2)c1N. The van der Waals surface area contributed by atoms with Crippen LogP contribution in [0.1, 0.15) is 35.4 Å². The van der Waals surface area contributed by atoms with Crippen LogP contribution in [-0.4, -0.2) is 0 Å². The maximum Gasteiger partial charge on any atom is 0.0590 e. The van der Waals surface area contributed by atoms with E-state index in [4.69, 9.17) is 17.2 Å². The van der Waals surface area contributed by atoms with Gasteiger partial charge in [-0.05, 0) is 36.0 Å². The zero-order valence-corrected chi connectivity index (χ0v) is 11.3. The van der Waals surface area contributed by atoms with E-state index in [1.807, 2.05) is 24.3 Å². The van der Waals surface area contributed by atoms with Crippen molar-refractivity contribution >= 4 is 29.2 Å². The number of hydrogen-bond donors (Lipinski definition) is 3. The van der Waals surface area contributed by atoms with Crippen LogP contribution in [0.4, 0.5) is 17.1 Å². The van der Waals surface area contributed by atoms with Gasteiger partial charge in [-0.25, -0.2) is 0 Å². The molecule has 0 saturated heterocycles. The molecule has 0 bridgehead atoms. The summed E-state index contributed by atoms with van der Waals surface area (Å²) in [4.78, 5) is 0. The van der Waals surface area contributed by atoms with Gasteiger partial charge in [-0.3, -0.25) is 0 Å². The highest BCUT2D eigenvalue weighted by atomic mass is 14.7. The molecule has 1 saturated carbocycles. The van der Waals surface area contributed by atoms with E-state index in [9.17, 15) is 0 Å². The number of nitrogens with two attached hydrogens (primary N) is 3. The van der Waals surface area contributed by atoms with Gasteiger partial charge in [0.2, 0.25) is 0 Å². The molecule has 1 aliphatic carbocycles. The quantitative estimate of drug-likeness (QED) is 0.587. The third-order valence-electron chi connectivity index (χ3n) is 3.74. The molecular weight excluding hydrogens is 246 g/mol. The summed E-state index contributed by atoms with van der Waals surface area (Å²) in [5.41, 5.74) is 23.5. The van der Waals surface area contributed by atoms with E-state index in [1.54, 1.807) is 6.07 Å². The molecule has 1 aliphatic rings. The smallest absolute Gasteiger partial charge is 0.0590 e. The molecule has 2 aromatic rings. The highest BCUT2D eigenvalue weighted by Gasteiger charge is 2.29. The van der Waals surface area contributed by atoms with E-state index in [-0.39, 0.29) is 0 Å². The first kappa shape index (κ1) is 12.6. The van der Waals surface area contributed by atoms with Gasteiger partial charge >= 0.3 is 0 Å². The second kappa shape index (κ2) is 4.93. The van der Waals surface area contributed by atoms with Gasteiger partial charge in [-0.2, -0.15) is 0 Å². The second-order valence-electron chi connectivity index (χ2n) is 5.31. The van der Waals surface area contributed by atoms with Gasteiger partial charge < -0.3 is 17.2 Å². The predicted molar refractivity (Wildman–Crippen MR) is 87.0 cm³/mol. The Kier molecular flexibility index (Phi) is 3.11. The highest BCUT2D eigenvalue weighted by Crippen LogP contribution is 2.47. The van der Waals surface area contributed by atoms with Crippen LogP contribution in [0.3, 0.4) is 0 Å². The van der Waals surface area contributed by atoms with Gasteiger partial charge in [0, 0.05) is 11.3 Å². The van der Waals surface area contributed by atoms with Crippen molar-refractivity contribution in [1.82, 2.24) is 0 Å². The molecule has 3 heteroatoms. The predicted octanol–water partition coefficient (Wildman–Crippen LogP) is 3.48. The first-order chi connectivity index (χ1) is 9.66. The Labute approximate surface area is 119 Å². The minimum absolute atomic E-state index is 0.510. The summed E-state index contributed by atoms with van der Waals surface area (Å²) >= 11 is 0. The summed E-state index contributed by atoms with van der Waals surface area (Å²) < 4.78 is 0. The molecule has 102 valence electrons. The van der Waals surface area contributed by atoms with E-state index < -0.39 is 0 Å². The van der Waals surface area contributed by atoms with Crippen molar-refractivity contribution in [2.45, 2.75) is 18.8 Å². The number of nitrogen functional groups attached to an aromatic ring is 3. The van der Waals surface area contributed by atoms with Gasteiger partial charge in [0.25, 0.3) is 0 Å². The van der Waals surface area contributed by atoms with E-state index in [0.717, 1.165) is 16.7 Å². The molecule has 6 N–H and O–H groups in total. The first-order valence-electron chi connectivity index (χ1n) is 6.87. The number of anilines is 3. The van der Waals surface area contributed by atoms with Crippen LogP contribution in [0.2, 0.25) is 0 Å². The summed E-state index contributed by atoms with van der Waals surface area (Å²) in [6, 6.07) is 11.9. The van der Waals surface area contributed by atoms with Crippen LogP contribution < -0.4 is 17.2 Å². The molecule has 0 unspecified atom stereocenters. The van der Waals surface area contributed by atoms with Crippen LogP contribution in [-0.2, 0) is 0 Å². The number of benzene rings is 2. The van der Waals surface area contributed by atoms with Crippen LogP contribution in [0, 0.1) is 0 Å². The van der Waals surface area contributed by atoms with Crippen molar-refractivity contribution in [3.8, 4) is 0 Å². The van der Waals surface area contributed by atoms with Gasteiger partial charge in [0.15, 0.2) is 0 Å². The molecular formula is C17H19N3. The average Bonchev–Trinajstić information content (AvgIpc) is 3.27. The molecule has 2 aromatic carbocycles. The second-order valence-corrected chi connectivity index (χ2v) is 5.31. The molecule has 0 amide bonds. The molecule has 0 heterocycles. The summed E-state index contributed by atoms with van der Waals surface area (Å²) in [6.07, 6.45) is 6.44. The number of rotatable bonds is 3. The topological polar surface area (TPSA) is 78.1 Å². The van der Waals surface area contributed by atoms with Gasteiger partial charge in [-0.1, -0.05) is 42.5 Å². The maximum atomic E-state index is 6.15. The summed E-state index contributed by atoms with van der Waals surface area (Å²) in [7, 11) is 0. The van der Waals surface area contributed by atoms with Crippen molar-refractivity contribution in [3.05, 3.63) is 53.1 Å². The Bertz CT molecular complexity index is 656. The summed E-state index contributed by atoms with van der Waals surface area (Å²) in [6.45, 7) is 0. The first-order valence-corrected chi connectivity index (χ1v) is 6.87. The Morgan fingerprint density at radius 1 is 0.900 bits per heavy atom. The van der Waals surface area contributed by atoms with Gasteiger partial charge in [0.1, 0.15) is 0 Å². The third-order valence-corrected chi connectivity index (χ3v) is 3.74. The molecule has 0 spiro atoms. The molecule has 3 nitrogen and oxygen atoms in total. The van der Waals surface area contributed by atoms with Crippen LogP contribution >= 0.6 is 0 Å². The van der Waals surface area contributed by atoms with Crippen molar-refractivity contribution in [1.29, 1.82) is 0 Å². The summed E-state index contributed by atoms with van der Waals surface area (Å²) in [5, 5.41) is 0. The molecule has 20 heavy (non-hydrogen) atoms. The lowest BCUT2D eigenvalue weighted by Crippen LogP contribution is -2.04. The maximum absolute atomic E-state index is 6.15. The largest absolute Gasteiger partial charge is 0.398 e. The standard InChI is InChI=1S/C17H19N3/c18-14-10-15(19)17(20)16(12-7-8-12)13(14)9-6-11-4-2-1-3-5-11/h1-6,9-10,12H,7-8,18-20H2. The van der Waals surface area contributed by atoms with Crippen LogP contribution in [0.5, 0.6) is 0 Å². The lowest BCUT2D eigenvalue weighted by Gasteiger charge is -2.14. The third kappa shape index (κ3) is 2.35. The van der Waals surface area contributed by atoms with E-state index in [2.05, 4.69) is 18.2 Å². The molecule has 1 fully saturated rings. The fraction of sp³-hybridized carbons (Fsp3) is 0.176. The fourth-order valence-electron chi connectivity index (χ4n) is 2.52. The normalized spacial score (nSPS) is 14.8. The minimum Gasteiger partial charge on any atom is -0.398 e. The minimum atomic E-state index is 0.510. The molecule has 0 radical (unpaired) electrons. The Morgan fingerprint density at radius 2 is 1.60 bits per heavy atom. The zero-order valence-electron chi connectivity index (χ0n) is 11.3. The van der Waals surface area contributed by atoms with Crippen molar-refractivity contribution in [3.63, 3.8) is 0 Å². The fourth-order valence-corrected chi connectivity index (χ4v) is 2.52. The summed E-state index contributed by atoms with van der Waals surface area (Å²) in [5.74, 6) is 0.510. The Morgan fingerprint density at radius 3 is 2.25 bits per heavy atom. The van der Waals surface area contributed by atoms with Crippen LogP contribution in [0.15, 0.2) is 36.4 Å². The van der Waals surface area contributed by atoms with Crippen molar-refractivity contribution < 1.29 is 0 Å². The monoisotopic (exact) mass is 265 g/mol. The van der Waals surface area contributed by atoms with Crippen molar-refractivity contribution in [2.24, 2.45) is 0 Å². The average molecular weight is 265 g/mol. The molecule has 0 atom stereocenters. The lowest BCUT2D eigenvalue weighted by molar-refractivity contribution is 1.13. The van der Waals surface area contributed by atoms with Gasteiger partial charge in [-0.15, -0.1) is 0 Å². The molecule has 3 rings (SSSR count). The van der Waals surface area contributed by atoms with Crippen LogP contribution in [0.25, 0.3) is 12.2 Å². The van der Waals surface area contributed by atoms with E-state index in [0.29, 0.717) is 23.0 Å². The van der Waals surface area contributed by atoms with Crippen molar-refractivity contribution in [2.75, 3.05) is 17.2 Å². The van der Waals surface area contributed by atoms with Gasteiger partial charge in [0.05, 0.1) is 11.4 Å². The molecule has 0 aromatic heterocycles. The van der Waals surface area contributed by atoms with E-state index >= 15 is 0 Å².